The molecule has 1 amide bonds. The molecular weight excluding hydrogens is 466 g/mol. The molecule has 0 fully saturated rings. The van der Waals surface area contributed by atoms with E-state index in [4.69, 9.17) is 9.40 Å². The number of amides is 1. The number of nitrogens with zero attached hydrogens (tertiary/aromatic N) is 2. The molecule has 5 aromatic rings. The van der Waals surface area contributed by atoms with Crippen molar-refractivity contribution in [1.82, 2.24) is 14.9 Å². The number of para-hydroxylation sites is 1. The molecule has 0 aliphatic carbocycles. The summed E-state index contributed by atoms with van der Waals surface area (Å²) in [6.07, 6.45) is 1.58. The van der Waals surface area contributed by atoms with E-state index in [2.05, 4.69) is 5.32 Å². The van der Waals surface area contributed by atoms with Crippen LogP contribution in [0.5, 0.6) is 0 Å². The molecular formula is C26H21N3O3S2. The molecule has 2 aromatic carbocycles. The molecule has 3 aromatic heterocycles. The summed E-state index contributed by atoms with van der Waals surface area (Å²) in [4.78, 5) is 32.6. The van der Waals surface area contributed by atoms with Gasteiger partial charge in [0.05, 0.1) is 29.1 Å². The van der Waals surface area contributed by atoms with E-state index >= 15 is 0 Å². The van der Waals surface area contributed by atoms with Crippen LogP contribution < -0.4 is 10.9 Å². The largest absolute Gasteiger partial charge is 0.467 e. The maximum Gasteiger partial charge on any atom is 0.267 e. The molecule has 0 aliphatic rings. The number of hydrogen-bond donors (Lipinski definition) is 1. The predicted molar refractivity (Wildman–Crippen MR) is 137 cm³/mol. The van der Waals surface area contributed by atoms with Crippen molar-refractivity contribution in [2.75, 3.05) is 5.75 Å². The Bertz CT molecular complexity index is 1480. The third-order valence-electron chi connectivity index (χ3n) is 5.29. The van der Waals surface area contributed by atoms with Gasteiger partial charge in [0.1, 0.15) is 10.6 Å². The normalized spacial score (nSPS) is 12.0. The lowest BCUT2D eigenvalue weighted by atomic mass is 10.2. The first-order valence-electron chi connectivity index (χ1n) is 10.7. The van der Waals surface area contributed by atoms with Crippen LogP contribution >= 0.6 is 23.1 Å². The van der Waals surface area contributed by atoms with Gasteiger partial charge in [-0.15, -0.1) is 11.3 Å². The van der Waals surface area contributed by atoms with Gasteiger partial charge in [-0.1, -0.05) is 60.3 Å². The number of aromatic nitrogens is 2. The monoisotopic (exact) mass is 487 g/mol. The maximum absolute atomic E-state index is 13.6. The molecule has 1 unspecified atom stereocenters. The lowest BCUT2D eigenvalue weighted by molar-refractivity contribution is -0.119. The molecule has 1 atom stereocenters. The van der Waals surface area contributed by atoms with Crippen molar-refractivity contribution in [2.45, 2.75) is 18.1 Å². The summed E-state index contributed by atoms with van der Waals surface area (Å²) in [7, 11) is 0. The minimum atomic E-state index is -0.249. The fourth-order valence-corrected chi connectivity index (χ4v) is 5.53. The van der Waals surface area contributed by atoms with Crippen LogP contribution in [0.4, 0.5) is 0 Å². The van der Waals surface area contributed by atoms with E-state index in [0.717, 1.165) is 10.4 Å². The Hall–Kier alpha value is -3.62. The second-order valence-electron chi connectivity index (χ2n) is 7.66. The van der Waals surface area contributed by atoms with Crippen LogP contribution in [-0.2, 0) is 4.79 Å². The smallest absolute Gasteiger partial charge is 0.267 e. The molecule has 8 heteroatoms. The molecule has 0 aliphatic heterocycles. The molecule has 34 heavy (non-hydrogen) atoms. The lowest BCUT2D eigenvalue weighted by Gasteiger charge is -2.13. The van der Waals surface area contributed by atoms with Crippen molar-refractivity contribution in [2.24, 2.45) is 0 Å². The van der Waals surface area contributed by atoms with Gasteiger partial charge in [-0.3, -0.25) is 14.2 Å². The zero-order chi connectivity index (χ0) is 23.5. The van der Waals surface area contributed by atoms with Gasteiger partial charge in [0.2, 0.25) is 5.91 Å². The second-order valence-corrected chi connectivity index (χ2v) is 9.63. The first kappa shape index (κ1) is 22.2. The van der Waals surface area contributed by atoms with Crippen molar-refractivity contribution >= 4 is 39.2 Å². The van der Waals surface area contributed by atoms with Crippen molar-refractivity contribution in [3.63, 3.8) is 0 Å². The van der Waals surface area contributed by atoms with Crippen LogP contribution in [0.15, 0.2) is 99.5 Å². The van der Waals surface area contributed by atoms with E-state index < -0.39 is 0 Å². The van der Waals surface area contributed by atoms with E-state index in [-0.39, 0.29) is 23.3 Å². The van der Waals surface area contributed by atoms with Gasteiger partial charge in [-0.05, 0) is 42.8 Å². The highest BCUT2D eigenvalue weighted by Crippen LogP contribution is 2.32. The number of furan rings is 1. The number of hydrogen-bond acceptors (Lipinski definition) is 6. The molecule has 3 heterocycles. The van der Waals surface area contributed by atoms with Gasteiger partial charge in [-0.2, -0.15) is 0 Å². The van der Waals surface area contributed by atoms with Gasteiger partial charge in [-0.25, -0.2) is 4.98 Å². The Kier molecular flexibility index (Phi) is 6.33. The van der Waals surface area contributed by atoms with Crippen molar-refractivity contribution in [3.05, 3.63) is 101 Å². The highest BCUT2D eigenvalue weighted by molar-refractivity contribution is 7.99. The van der Waals surface area contributed by atoms with Gasteiger partial charge >= 0.3 is 0 Å². The van der Waals surface area contributed by atoms with Crippen LogP contribution in [0.3, 0.4) is 0 Å². The topological polar surface area (TPSA) is 77.1 Å². The predicted octanol–water partition coefficient (Wildman–Crippen LogP) is 5.68. The van der Waals surface area contributed by atoms with E-state index in [1.165, 1.54) is 23.1 Å². The highest BCUT2D eigenvalue weighted by Gasteiger charge is 2.18. The fraction of sp³-hybridized carbons (Fsp3) is 0.115. The molecule has 0 bridgehead atoms. The number of nitrogens with one attached hydrogen (secondary N) is 1. The highest BCUT2D eigenvalue weighted by atomic mass is 32.2. The maximum atomic E-state index is 13.6. The summed E-state index contributed by atoms with van der Waals surface area (Å²) in [5.74, 6) is 0.636. The van der Waals surface area contributed by atoms with Crippen LogP contribution in [0.2, 0.25) is 0 Å². The summed E-state index contributed by atoms with van der Waals surface area (Å²) >= 11 is 2.71. The second kappa shape index (κ2) is 9.70. The number of benzene rings is 2. The Morgan fingerprint density at radius 2 is 1.82 bits per heavy atom. The Labute approximate surface area is 204 Å². The third kappa shape index (κ3) is 4.55. The van der Waals surface area contributed by atoms with E-state index in [1.54, 1.807) is 16.9 Å². The molecule has 170 valence electrons. The van der Waals surface area contributed by atoms with Crippen LogP contribution in [-0.4, -0.2) is 21.2 Å². The van der Waals surface area contributed by atoms with E-state index in [1.807, 2.05) is 79.7 Å². The van der Waals surface area contributed by atoms with Crippen molar-refractivity contribution in [3.8, 4) is 16.1 Å². The summed E-state index contributed by atoms with van der Waals surface area (Å²) in [6.45, 7) is 1.86. The Morgan fingerprint density at radius 3 is 2.53 bits per heavy atom. The SMILES string of the molecule is CC(NC(=O)CSc1nc2sc(-c3ccccc3)cc2c(=O)n1-c1ccccc1)c1ccco1. The first-order valence-corrected chi connectivity index (χ1v) is 12.5. The minimum Gasteiger partial charge on any atom is -0.467 e. The quantitative estimate of drug-likeness (QED) is 0.236. The van der Waals surface area contributed by atoms with Crippen molar-refractivity contribution in [1.29, 1.82) is 0 Å². The van der Waals surface area contributed by atoms with Gasteiger partial charge in [0.15, 0.2) is 5.16 Å². The summed E-state index contributed by atoms with van der Waals surface area (Å²) < 4.78 is 6.94. The number of carbonyl (C=O) groups excluding carboxylic acids is 1. The third-order valence-corrected chi connectivity index (χ3v) is 7.30. The first-order chi connectivity index (χ1) is 16.6. The summed E-state index contributed by atoms with van der Waals surface area (Å²) in [6, 6.07) is 24.6. The number of thiophene rings is 1. The Balaban J connectivity index is 1.49. The minimum absolute atomic E-state index is 0.118. The van der Waals surface area contributed by atoms with Gasteiger partial charge < -0.3 is 9.73 Å². The van der Waals surface area contributed by atoms with Crippen molar-refractivity contribution < 1.29 is 9.21 Å². The van der Waals surface area contributed by atoms with Gasteiger partial charge in [0.25, 0.3) is 5.56 Å². The molecule has 5 rings (SSSR count). The summed E-state index contributed by atoms with van der Waals surface area (Å²) in [5, 5.41) is 3.96. The van der Waals surface area contributed by atoms with Crippen LogP contribution in [0.25, 0.3) is 26.3 Å². The average Bonchev–Trinajstić information content (AvgIpc) is 3.55. The van der Waals surface area contributed by atoms with E-state index in [9.17, 15) is 9.59 Å². The molecule has 6 nitrogen and oxygen atoms in total. The van der Waals surface area contributed by atoms with E-state index in [0.29, 0.717) is 26.8 Å². The number of thioether (sulfide) groups is 1. The molecule has 0 spiro atoms. The zero-order valence-corrected chi connectivity index (χ0v) is 19.9. The fourth-order valence-electron chi connectivity index (χ4n) is 3.63. The van der Waals surface area contributed by atoms with Crippen LogP contribution in [0.1, 0.15) is 18.7 Å². The molecule has 0 saturated heterocycles. The number of carbonyl (C=O) groups is 1. The van der Waals surface area contributed by atoms with Crippen LogP contribution in [0, 0.1) is 0 Å². The molecule has 0 saturated carbocycles. The lowest BCUT2D eigenvalue weighted by Crippen LogP contribution is -2.28. The number of rotatable bonds is 7. The Morgan fingerprint density at radius 1 is 1.09 bits per heavy atom. The van der Waals surface area contributed by atoms with Gasteiger partial charge in [0, 0.05) is 4.88 Å². The molecule has 0 radical (unpaired) electrons. The standard InChI is InChI=1S/C26H21N3O3S2/c1-17(21-13-8-14-32-21)27-23(30)16-33-26-28-24-20(15-22(34-24)18-9-4-2-5-10-18)25(31)29(26)19-11-6-3-7-12-19/h2-15,17H,16H2,1H3,(H,27,30). The number of fused-ring (bicyclic) bond motifs is 1. The average molecular weight is 488 g/mol. The molecule has 1 N–H and O–H groups in total. The zero-order valence-electron chi connectivity index (χ0n) is 18.3. The summed E-state index contributed by atoms with van der Waals surface area (Å²) in [5.41, 5.74) is 1.60.